The van der Waals surface area contributed by atoms with E-state index in [2.05, 4.69) is 10.6 Å². The Kier molecular flexibility index (Phi) is 6.31. The lowest BCUT2D eigenvalue weighted by Gasteiger charge is -2.22. The highest BCUT2D eigenvalue weighted by Gasteiger charge is 2.26. The van der Waals surface area contributed by atoms with Crippen LogP contribution in [-0.2, 0) is 9.53 Å². The summed E-state index contributed by atoms with van der Waals surface area (Å²) >= 11 is 5.83. The van der Waals surface area contributed by atoms with Crippen molar-refractivity contribution in [3.8, 4) is 0 Å². The van der Waals surface area contributed by atoms with Crippen molar-refractivity contribution in [2.45, 2.75) is 26.3 Å². The van der Waals surface area contributed by atoms with Gasteiger partial charge >= 0.3 is 12.0 Å². The second kappa shape index (κ2) is 7.75. The zero-order valence-corrected chi connectivity index (χ0v) is 12.5. The zero-order chi connectivity index (χ0) is 15.1. The van der Waals surface area contributed by atoms with E-state index in [9.17, 15) is 9.59 Å². The maximum atomic E-state index is 11.9. The first-order valence-electron chi connectivity index (χ1n) is 6.38. The van der Waals surface area contributed by atoms with Crippen LogP contribution in [0, 0.1) is 5.92 Å². The number of esters is 1. The van der Waals surface area contributed by atoms with Gasteiger partial charge in [0, 0.05) is 10.7 Å². The molecule has 0 saturated heterocycles. The van der Waals surface area contributed by atoms with Crippen molar-refractivity contribution < 1.29 is 14.3 Å². The van der Waals surface area contributed by atoms with Crippen molar-refractivity contribution in [3.05, 3.63) is 29.3 Å². The number of halogens is 1. The van der Waals surface area contributed by atoms with Gasteiger partial charge in [0.05, 0.1) is 7.11 Å². The summed E-state index contributed by atoms with van der Waals surface area (Å²) in [5.74, 6) is -0.479. The summed E-state index contributed by atoms with van der Waals surface area (Å²) in [5, 5.41) is 5.77. The van der Waals surface area contributed by atoms with E-state index in [-0.39, 0.29) is 5.92 Å². The fourth-order valence-electron chi connectivity index (χ4n) is 1.67. The summed E-state index contributed by atoms with van der Waals surface area (Å²) < 4.78 is 4.70. The van der Waals surface area contributed by atoms with Gasteiger partial charge in [0.1, 0.15) is 6.04 Å². The second-order valence-electron chi connectivity index (χ2n) is 4.50. The number of carbonyl (C=O) groups is 2. The molecule has 0 saturated carbocycles. The Hall–Kier alpha value is -1.75. The van der Waals surface area contributed by atoms with Crippen LogP contribution >= 0.6 is 11.6 Å². The molecular weight excluding hydrogens is 280 g/mol. The van der Waals surface area contributed by atoms with Crippen molar-refractivity contribution in [1.29, 1.82) is 0 Å². The molecule has 0 heterocycles. The number of amides is 2. The molecule has 2 atom stereocenters. The predicted molar refractivity (Wildman–Crippen MR) is 78.9 cm³/mol. The zero-order valence-electron chi connectivity index (χ0n) is 11.8. The average Bonchev–Trinajstić information content (AvgIpc) is 2.43. The van der Waals surface area contributed by atoms with Gasteiger partial charge in [-0.1, -0.05) is 37.9 Å². The average molecular weight is 299 g/mol. The number of hydrogen-bond acceptors (Lipinski definition) is 3. The number of benzene rings is 1. The molecule has 0 aromatic heterocycles. The van der Waals surface area contributed by atoms with Crippen LogP contribution in [0.5, 0.6) is 0 Å². The maximum absolute atomic E-state index is 11.9. The summed E-state index contributed by atoms with van der Waals surface area (Å²) in [7, 11) is 1.30. The minimum Gasteiger partial charge on any atom is -0.467 e. The van der Waals surface area contributed by atoms with Gasteiger partial charge in [0.25, 0.3) is 0 Å². The van der Waals surface area contributed by atoms with Crippen LogP contribution in [0.25, 0.3) is 0 Å². The molecule has 0 aliphatic carbocycles. The van der Waals surface area contributed by atoms with Crippen LogP contribution in [0.15, 0.2) is 24.3 Å². The Bertz CT molecular complexity index is 479. The van der Waals surface area contributed by atoms with Gasteiger partial charge in [-0.25, -0.2) is 9.59 Å². The van der Waals surface area contributed by atoms with Crippen molar-refractivity contribution in [2.75, 3.05) is 12.4 Å². The minimum absolute atomic E-state index is 0.0208. The Morgan fingerprint density at radius 3 is 2.65 bits per heavy atom. The molecule has 1 rings (SSSR count). The number of nitrogens with one attached hydrogen (secondary N) is 2. The van der Waals surface area contributed by atoms with E-state index in [1.54, 1.807) is 24.3 Å². The second-order valence-corrected chi connectivity index (χ2v) is 4.93. The summed E-state index contributed by atoms with van der Waals surface area (Å²) in [6.07, 6.45) is 0.747. The minimum atomic E-state index is -0.677. The largest absolute Gasteiger partial charge is 0.467 e. The summed E-state index contributed by atoms with van der Waals surface area (Å²) in [5.41, 5.74) is 0.558. The Morgan fingerprint density at radius 2 is 2.10 bits per heavy atom. The van der Waals surface area contributed by atoms with E-state index in [4.69, 9.17) is 16.3 Å². The number of rotatable bonds is 5. The van der Waals surface area contributed by atoms with Crippen LogP contribution in [0.1, 0.15) is 20.3 Å². The Morgan fingerprint density at radius 1 is 1.40 bits per heavy atom. The van der Waals surface area contributed by atoms with Gasteiger partial charge in [0.2, 0.25) is 0 Å². The normalized spacial score (nSPS) is 13.2. The molecule has 2 N–H and O–H groups in total. The van der Waals surface area contributed by atoms with Gasteiger partial charge in [0.15, 0.2) is 0 Å². The fourth-order valence-corrected chi connectivity index (χ4v) is 1.86. The topological polar surface area (TPSA) is 67.4 Å². The third kappa shape index (κ3) is 4.74. The molecule has 1 aromatic rings. The van der Waals surface area contributed by atoms with Crippen LogP contribution in [-0.4, -0.2) is 25.2 Å². The van der Waals surface area contributed by atoms with Gasteiger partial charge < -0.3 is 15.4 Å². The molecule has 0 radical (unpaired) electrons. The van der Waals surface area contributed by atoms with E-state index >= 15 is 0 Å². The van der Waals surface area contributed by atoms with E-state index < -0.39 is 18.0 Å². The molecule has 0 aliphatic heterocycles. The number of carbonyl (C=O) groups excluding carboxylic acids is 2. The smallest absolute Gasteiger partial charge is 0.328 e. The molecule has 5 nitrogen and oxygen atoms in total. The number of ether oxygens (including phenoxy) is 1. The summed E-state index contributed by atoms with van der Waals surface area (Å²) in [4.78, 5) is 23.6. The van der Waals surface area contributed by atoms with Crippen LogP contribution in [0.3, 0.4) is 0 Å². The summed E-state index contributed by atoms with van der Waals surface area (Å²) in [6, 6.07) is 5.62. The molecule has 1 aromatic carbocycles. The number of anilines is 1. The van der Waals surface area contributed by atoms with E-state index in [1.807, 2.05) is 13.8 Å². The highest BCUT2D eigenvalue weighted by Crippen LogP contribution is 2.15. The van der Waals surface area contributed by atoms with E-state index in [0.717, 1.165) is 6.42 Å². The molecule has 0 spiro atoms. The number of hydrogen-bond donors (Lipinski definition) is 2. The molecule has 2 unspecified atom stereocenters. The van der Waals surface area contributed by atoms with Crippen LogP contribution in [0.2, 0.25) is 5.02 Å². The van der Waals surface area contributed by atoms with Gasteiger partial charge in [-0.05, 0) is 24.1 Å². The van der Waals surface area contributed by atoms with Crippen molar-refractivity contribution >= 4 is 29.3 Å². The molecule has 2 amide bonds. The lowest BCUT2D eigenvalue weighted by molar-refractivity contribution is -0.144. The van der Waals surface area contributed by atoms with Crippen LogP contribution in [0.4, 0.5) is 10.5 Å². The highest BCUT2D eigenvalue weighted by molar-refractivity contribution is 6.30. The first-order chi connectivity index (χ1) is 9.47. The molecular formula is C14H19ClN2O3. The third-order valence-corrected chi connectivity index (χ3v) is 3.27. The lowest BCUT2D eigenvalue weighted by Crippen LogP contribution is -2.47. The first kappa shape index (κ1) is 16.3. The van der Waals surface area contributed by atoms with Crippen molar-refractivity contribution in [3.63, 3.8) is 0 Å². The molecule has 0 fully saturated rings. The number of urea groups is 1. The van der Waals surface area contributed by atoms with E-state index in [0.29, 0.717) is 10.7 Å². The Balaban J connectivity index is 2.69. The highest BCUT2D eigenvalue weighted by atomic mass is 35.5. The molecule has 110 valence electrons. The van der Waals surface area contributed by atoms with Crippen molar-refractivity contribution in [2.24, 2.45) is 5.92 Å². The van der Waals surface area contributed by atoms with E-state index in [1.165, 1.54) is 7.11 Å². The van der Waals surface area contributed by atoms with Crippen molar-refractivity contribution in [1.82, 2.24) is 5.32 Å². The van der Waals surface area contributed by atoms with Crippen LogP contribution < -0.4 is 10.6 Å². The number of methoxy groups -OCH3 is 1. The van der Waals surface area contributed by atoms with Gasteiger partial charge in [-0.2, -0.15) is 0 Å². The maximum Gasteiger partial charge on any atom is 0.328 e. The lowest BCUT2D eigenvalue weighted by atomic mass is 9.99. The monoisotopic (exact) mass is 298 g/mol. The fraction of sp³-hybridized carbons (Fsp3) is 0.429. The Labute approximate surface area is 123 Å². The first-order valence-corrected chi connectivity index (χ1v) is 6.76. The third-order valence-electron chi connectivity index (χ3n) is 3.04. The molecule has 6 heteroatoms. The summed E-state index contributed by atoms with van der Waals surface area (Å²) in [6.45, 7) is 3.82. The molecule has 0 aliphatic rings. The standard InChI is InChI=1S/C14H19ClN2O3/c1-4-9(2)12(13(18)20-3)17-14(19)16-11-7-5-6-10(15)8-11/h5-9,12H,4H2,1-3H3,(H2,16,17,19). The molecule has 20 heavy (non-hydrogen) atoms. The predicted octanol–water partition coefficient (Wildman–Crippen LogP) is 3.05. The van der Waals surface area contributed by atoms with Gasteiger partial charge in [-0.15, -0.1) is 0 Å². The molecule has 0 bridgehead atoms. The quantitative estimate of drug-likeness (QED) is 0.821. The van der Waals surface area contributed by atoms with Gasteiger partial charge in [-0.3, -0.25) is 0 Å². The SMILES string of the molecule is CCC(C)C(NC(=O)Nc1cccc(Cl)c1)C(=O)OC.